The maximum Gasteiger partial charge on any atom is 0.244 e. The summed E-state index contributed by atoms with van der Waals surface area (Å²) in [6, 6.07) is 2.48. The molecule has 2 rings (SSSR count). The summed E-state index contributed by atoms with van der Waals surface area (Å²) in [5.41, 5.74) is 0.834. The first-order chi connectivity index (χ1) is 9.36. The van der Waals surface area contributed by atoms with Crippen LogP contribution in [0.4, 0.5) is 4.39 Å². The standard InChI is InChI=1S/C15H18FNO2S/c1-4-7-17(10-13-5-6-13)20(18,19)15-11(2)8-14(16)9-12(15)3/h1,8-9,13H,5-7,10H2,2-3H3. The van der Waals surface area contributed by atoms with Crippen LogP contribution in [0.1, 0.15) is 24.0 Å². The zero-order valence-corrected chi connectivity index (χ0v) is 12.5. The van der Waals surface area contributed by atoms with Crippen LogP contribution in [-0.2, 0) is 10.0 Å². The molecule has 0 saturated heterocycles. The monoisotopic (exact) mass is 295 g/mol. The van der Waals surface area contributed by atoms with Crippen LogP contribution in [0.2, 0.25) is 0 Å². The van der Waals surface area contributed by atoms with Gasteiger partial charge in [0.05, 0.1) is 11.4 Å². The van der Waals surface area contributed by atoms with Crippen molar-refractivity contribution in [2.75, 3.05) is 13.1 Å². The van der Waals surface area contributed by atoms with Crippen molar-refractivity contribution >= 4 is 10.0 Å². The topological polar surface area (TPSA) is 37.4 Å². The van der Waals surface area contributed by atoms with Gasteiger partial charge in [-0.05, 0) is 55.9 Å². The lowest BCUT2D eigenvalue weighted by atomic mass is 10.1. The molecular formula is C15H18FNO2S. The number of hydrogen-bond acceptors (Lipinski definition) is 2. The third-order valence-corrected chi connectivity index (χ3v) is 5.57. The molecule has 0 unspecified atom stereocenters. The van der Waals surface area contributed by atoms with E-state index in [0.29, 0.717) is 23.6 Å². The maximum atomic E-state index is 13.3. The Morgan fingerprint density at radius 1 is 1.35 bits per heavy atom. The van der Waals surface area contributed by atoms with Gasteiger partial charge in [0.25, 0.3) is 0 Å². The van der Waals surface area contributed by atoms with E-state index in [1.165, 1.54) is 16.4 Å². The van der Waals surface area contributed by atoms with E-state index in [9.17, 15) is 12.8 Å². The molecule has 0 bridgehead atoms. The van der Waals surface area contributed by atoms with E-state index in [1.807, 2.05) is 0 Å². The molecule has 0 N–H and O–H groups in total. The molecule has 1 aromatic carbocycles. The molecule has 0 aromatic heterocycles. The van der Waals surface area contributed by atoms with Crippen molar-refractivity contribution < 1.29 is 12.8 Å². The molecule has 20 heavy (non-hydrogen) atoms. The highest BCUT2D eigenvalue weighted by Crippen LogP contribution is 2.32. The van der Waals surface area contributed by atoms with Gasteiger partial charge in [-0.15, -0.1) is 6.42 Å². The quantitative estimate of drug-likeness (QED) is 0.783. The highest BCUT2D eigenvalue weighted by molar-refractivity contribution is 7.89. The summed E-state index contributed by atoms with van der Waals surface area (Å²) in [4.78, 5) is 0.176. The third kappa shape index (κ3) is 3.02. The second-order valence-electron chi connectivity index (χ2n) is 5.31. The molecule has 0 amide bonds. The number of terminal acetylenes is 1. The Morgan fingerprint density at radius 3 is 2.35 bits per heavy atom. The number of benzene rings is 1. The van der Waals surface area contributed by atoms with Crippen molar-refractivity contribution in [2.45, 2.75) is 31.6 Å². The number of nitrogens with zero attached hydrogens (tertiary/aromatic N) is 1. The van der Waals surface area contributed by atoms with Gasteiger partial charge in [0, 0.05) is 6.54 Å². The van der Waals surface area contributed by atoms with Gasteiger partial charge in [0.1, 0.15) is 5.82 Å². The molecular weight excluding hydrogens is 277 g/mol. The fourth-order valence-electron chi connectivity index (χ4n) is 2.37. The van der Waals surface area contributed by atoms with Crippen molar-refractivity contribution in [3.8, 4) is 12.3 Å². The Kier molecular flexibility index (Phi) is 4.17. The molecule has 3 nitrogen and oxygen atoms in total. The Labute approximate surface area is 119 Å². The Balaban J connectivity index is 2.44. The smallest absolute Gasteiger partial charge is 0.207 e. The van der Waals surface area contributed by atoms with Crippen LogP contribution in [0, 0.1) is 37.9 Å². The lowest BCUT2D eigenvalue weighted by molar-refractivity contribution is 0.429. The van der Waals surface area contributed by atoms with Crippen LogP contribution in [-0.4, -0.2) is 25.8 Å². The highest BCUT2D eigenvalue weighted by Gasteiger charge is 2.33. The third-order valence-electron chi connectivity index (χ3n) is 3.45. The minimum absolute atomic E-state index is 0.0507. The normalized spacial score (nSPS) is 15.3. The molecule has 5 heteroatoms. The van der Waals surface area contributed by atoms with E-state index in [2.05, 4.69) is 5.92 Å². The summed E-state index contributed by atoms with van der Waals surface area (Å²) in [5.74, 6) is 2.38. The van der Waals surface area contributed by atoms with Crippen molar-refractivity contribution in [1.29, 1.82) is 0 Å². The fourth-order valence-corrected chi connectivity index (χ4v) is 4.21. The molecule has 0 heterocycles. The summed E-state index contributed by atoms with van der Waals surface area (Å²) >= 11 is 0. The van der Waals surface area contributed by atoms with Gasteiger partial charge in [-0.25, -0.2) is 12.8 Å². The summed E-state index contributed by atoms with van der Waals surface area (Å²) < 4.78 is 40.1. The molecule has 1 aliphatic rings. The van der Waals surface area contributed by atoms with Gasteiger partial charge in [0.2, 0.25) is 10.0 Å². The van der Waals surface area contributed by atoms with Gasteiger partial charge >= 0.3 is 0 Å². The van der Waals surface area contributed by atoms with Gasteiger partial charge in [-0.3, -0.25) is 0 Å². The first-order valence-corrected chi connectivity index (χ1v) is 8.00. The Bertz CT molecular complexity index is 634. The van der Waals surface area contributed by atoms with E-state index >= 15 is 0 Å². The lowest BCUT2D eigenvalue weighted by Crippen LogP contribution is -2.34. The second kappa shape index (κ2) is 5.55. The number of aryl methyl sites for hydroxylation is 2. The van der Waals surface area contributed by atoms with Crippen molar-refractivity contribution in [2.24, 2.45) is 5.92 Å². The number of sulfonamides is 1. The summed E-state index contributed by atoms with van der Waals surface area (Å²) in [6.45, 7) is 3.71. The van der Waals surface area contributed by atoms with Crippen LogP contribution in [0.25, 0.3) is 0 Å². The minimum Gasteiger partial charge on any atom is -0.207 e. The zero-order valence-electron chi connectivity index (χ0n) is 11.7. The van der Waals surface area contributed by atoms with Crippen LogP contribution < -0.4 is 0 Å². The molecule has 0 aliphatic heterocycles. The summed E-state index contributed by atoms with van der Waals surface area (Å²) in [5, 5.41) is 0. The fraction of sp³-hybridized carbons (Fsp3) is 0.467. The summed E-state index contributed by atoms with van der Waals surface area (Å²) in [6.07, 6.45) is 7.36. The van der Waals surface area contributed by atoms with Crippen LogP contribution >= 0.6 is 0 Å². The average molecular weight is 295 g/mol. The Morgan fingerprint density at radius 2 is 1.90 bits per heavy atom. The first-order valence-electron chi connectivity index (χ1n) is 6.56. The van der Waals surface area contributed by atoms with Crippen LogP contribution in [0.5, 0.6) is 0 Å². The Hall–Kier alpha value is -1.38. The first kappa shape index (κ1) is 15.0. The minimum atomic E-state index is -3.67. The number of rotatable bonds is 5. The largest absolute Gasteiger partial charge is 0.244 e. The predicted molar refractivity (Wildman–Crippen MR) is 76.2 cm³/mol. The zero-order chi connectivity index (χ0) is 14.9. The molecule has 0 radical (unpaired) electrons. The molecule has 1 aromatic rings. The highest BCUT2D eigenvalue weighted by atomic mass is 32.2. The SMILES string of the molecule is C#CCN(CC1CC1)S(=O)(=O)c1c(C)cc(F)cc1C. The molecule has 108 valence electrons. The van der Waals surface area contributed by atoms with Crippen molar-refractivity contribution in [3.05, 3.63) is 29.1 Å². The van der Waals surface area contributed by atoms with E-state index in [4.69, 9.17) is 6.42 Å². The van der Waals surface area contributed by atoms with E-state index < -0.39 is 15.8 Å². The van der Waals surface area contributed by atoms with Crippen LogP contribution in [0.15, 0.2) is 17.0 Å². The van der Waals surface area contributed by atoms with Crippen LogP contribution in [0.3, 0.4) is 0 Å². The van der Waals surface area contributed by atoms with Gasteiger partial charge in [-0.1, -0.05) is 5.92 Å². The predicted octanol–water partition coefficient (Wildman–Crippen LogP) is 2.48. The molecule has 0 atom stereocenters. The van der Waals surface area contributed by atoms with Crippen molar-refractivity contribution in [3.63, 3.8) is 0 Å². The lowest BCUT2D eigenvalue weighted by Gasteiger charge is -2.22. The average Bonchev–Trinajstić information content (AvgIpc) is 3.10. The molecule has 0 spiro atoms. The van der Waals surface area contributed by atoms with Gasteiger partial charge in [-0.2, -0.15) is 4.31 Å². The van der Waals surface area contributed by atoms with Crippen molar-refractivity contribution in [1.82, 2.24) is 4.31 Å². The van der Waals surface area contributed by atoms with E-state index in [0.717, 1.165) is 12.8 Å². The molecule has 1 saturated carbocycles. The van der Waals surface area contributed by atoms with E-state index in [-0.39, 0.29) is 11.4 Å². The molecule has 1 aliphatic carbocycles. The van der Waals surface area contributed by atoms with E-state index in [1.54, 1.807) is 13.8 Å². The maximum absolute atomic E-state index is 13.3. The summed E-state index contributed by atoms with van der Waals surface area (Å²) in [7, 11) is -3.67. The van der Waals surface area contributed by atoms with Gasteiger partial charge < -0.3 is 0 Å². The number of hydrogen-bond donors (Lipinski definition) is 0. The number of halogens is 1. The van der Waals surface area contributed by atoms with Gasteiger partial charge in [0.15, 0.2) is 0 Å². The molecule has 1 fully saturated rings. The second-order valence-corrected chi connectivity index (χ2v) is 7.19.